The molecule has 2 heterocycles. The normalized spacial score (nSPS) is 18.2. The maximum atomic E-state index is 12.9. The van der Waals surface area contributed by atoms with Gasteiger partial charge in [0.2, 0.25) is 11.6 Å². The second kappa shape index (κ2) is 11.8. The first-order chi connectivity index (χ1) is 17.1. The maximum absolute atomic E-state index is 12.9. The number of alkyl carbamates (subject to hydrolysis) is 1. The number of H-pyrrole nitrogens is 1. The van der Waals surface area contributed by atoms with Gasteiger partial charge in [0.15, 0.2) is 0 Å². The van der Waals surface area contributed by atoms with Crippen molar-refractivity contribution >= 4 is 23.7 Å². The number of aromatic amines is 1. The number of rotatable bonds is 10. The molecule has 1 aliphatic rings. The summed E-state index contributed by atoms with van der Waals surface area (Å²) in [6.07, 6.45) is 1.64. The third-order valence-corrected chi connectivity index (χ3v) is 6.32. The highest BCUT2D eigenvalue weighted by atomic mass is 16.6. The van der Waals surface area contributed by atoms with Crippen LogP contribution in [0.2, 0.25) is 0 Å². The molecule has 3 N–H and O–H groups in total. The van der Waals surface area contributed by atoms with Gasteiger partial charge in [0.1, 0.15) is 18.5 Å². The minimum atomic E-state index is -1.02. The Labute approximate surface area is 210 Å². The highest BCUT2D eigenvalue weighted by molar-refractivity contribution is 6.38. The predicted octanol–water partition coefficient (Wildman–Crippen LogP) is 2.39. The van der Waals surface area contributed by atoms with E-state index in [1.807, 2.05) is 51.1 Å². The number of ether oxygens (including phenoxy) is 1. The lowest BCUT2D eigenvalue weighted by Gasteiger charge is -2.26. The zero-order valence-electron chi connectivity index (χ0n) is 21.1. The van der Waals surface area contributed by atoms with Gasteiger partial charge in [0.25, 0.3) is 11.8 Å². The molecule has 0 aliphatic carbocycles. The number of hydrogen-bond donors (Lipinski definition) is 3. The average molecular weight is 499 g/mol. The minimum absolute atomic E-state index is 0.0388. The number of benzene rings is 1. The molecule has 36 heavy (non-hydrogen) atoms. The third kappa shape index (κ3) is 6.67. The van der Waals surface area contributed by atoms with Crippen molar-refractivity contribution in [2.24, 2.45) is 5.41 Å². The molecule has 194 valence electrons. The molecule has 0 radical (unpaired) electrons. The average Bonchev–Trinajstić information content (AvgIpc) is 3.49. The molecule has 1 aromatic heterocycles. The lowest BCUT2D eigenvalue weighted by Crippen LogP contribution is -2.49. The van der Waals surface area contributed by atoms with Gasteiger partial charge in [-0.25, -0.2) is 9.78 Å². The van der Waals surface area contributed by atoms with Crippen LogP contribution < -0.4 is 10.6 Å². The van der Waals surface area contributed by atoms with Gasteiger partial charge in [-0.05, 0) is 18.9 Å². The fourth-order valence-corrected chi connectivity index (χ4v) is 4.14. The van der Waals surface area contributed by atoms with Crippen LogP contribution in [0.4, 0.5) is 4.79 Å². The van der Waals surface area contributed by atoms with Gasteiger partial charge in [-0.1, -0.05) is 63.9 Å². The van der Waals surface area contributed by atoms with Crippen molar-refractivity contribution in [2.75, 3.05) is 13.1 Å². The minimum Gasteiger partial charge on any atom is -0.444 e. The summed E-state index contributed by atoms with van der Waals surface area (Å²) in [7, 11) is 0. The quantitative estimate of drug-likeness (QED) is 0.426. The number of unbranched alkanes of at least 4 members (excludes halogenated alkanes) is 1. The van der Waals surface area contributed by atoms with Crippen LogP contribution in [-0.4, -0.2) is 69.0 Å². The van der Waals surface area contributed by atoms with Crippen molar-refractivity contribution in [2.45, 2.75) is 65.1 Å². The molecular formula is C25H34N6O5. The van der Waals surface area contributed by atoms with E-state index in [2.05, 4.69) is 25.8 Å². The fourth-order valence-electron chi connectivity index (χ4n) is 4.14. The molecular weight excluding hydrogens is 464 g/mol. The first-order valence-electron chi connectivity index (χ1n) is 12.1. The van der Waals surface area contributed by atoms with Gasteiger partial charge in [-0.2, -0.15) is 0 Å². The van der Waals surface area contributed by atoms with Crippen molar-refractivity contribution < 1.29 is 23.9 Å². The molecule has 3 atom stereocenters. The summed E-state index contributed by atoms with van der Waals surface area (Å²) < 4.78 is 5.64. The van der Waals surface area contributed by atoms with Crippen molar-refractivity contribution in [3.8, 4) is 0 Å². The van der Waals surface area contributed by atoms with Crippen molar-refractivity contribution in [1.29, 1.82) is 0 Å². The lowest BCUT2D eigenvalue weighted by molar-refractivity contribution is -0.139. The standard InChI is InChI=1S/C25H34N6O5/c1-5-6-12-18(20(32)22(33)28-16(2)17-10-8-7-9-11-17)29-24(35)36-19-13-31(14-25(19,3)4)23(34)21-26-15-27-30-21/h7-11,15-16,18-19H,5-6,12-14H2,1-4H3,(H,28,33)(H,29,35)(H,26,27,30)/t16-,18+,19-/m1/s1. The molecule has 3 rings (SSSR count). The number of nitrogens with one attached hydrogen (secondary N) is 3. The molecule has 1 aromatic carbocycles. The number of amides is 3. The van der Waals surface area contributed by atoms with E-state index in [0.29, 0.717) is 19.4 Å². The monoisotopic (exact) mass is 498 g/mol. The Bertz CT molecular complexity index is 1060. The van der Waals surface area contributed by atoms with E-state index in [0.717, 1.165) is 12.0 Å². The molecule has 0 spiro atoms. The third-order valence-electron chi connectivity index (χ3n) is 6.32. The number of hydrogen-bond acceptors (Lipinski definition) is 7. The van der Waals surface area contributed by atoms with Gasteiger partial charge in [-0.15, -0.1) is 5.10 Å². The van der Waals surface area contributed by atoms with Crippen LogP contribution in [0.5, 0.6) is 0 Å². The van der Waals surface area contributed by atoms with E-state index >= 15 is 0 Å². The van der Waals surface area contributed by atoms with Crippen LogP contribution in [0, 0.1) is 5.41 Å². The second-order valence-corrected chi connectivity index (χ2v) is 9.70. The summed E-state index contributed by atoms with van der Waals surface area (Å²) in [5, 5.41) is 11.6. The van der Waals surface area contributed by atoms with Gasteiger partial charge in [0, 0.05) is 12.0 Å². The Morgan fingerprint density at radius 3 is 2.56 bits per heavy atom. The Balaban J connectivity index is 1.61. The molecule has 1 saturated heterocycles. The highest BCUT2D eigenvalue weighted by Gasteiger charge is 2.45. The van der Waals surface area contributed by atoms with Gasteiger partial charge >= 0.3 is 6.09 Å². The van der Waals surface area contributed by atoms with Gasteiger partial charge < -0.3 is 20.3 Å². The highest BCUT2D eigenvalue weighted by Crippen LogP contribution is 2.32. The van der Waals surface area contributed by atoms with E-state index in [1.54, 1.807) is 6.92 Å². The summed E-state index contributed by atoms with van der Waals surface area (Å²) in [4.78, 5) is 56.4. The smallest absolute Gasteiger partial charge is 0.408 e. The Kier molecular flexibility index (Phi) is 8.78. The number of likely N-dealkylation sites (tertiary alicyclic amines) is 1. The first-order valence-corrected chi connectivity index (χ1v) is 12.1. The number of ketones is 1. The van der Waals surface area contributed by atoms with E-state index < -0.39 is 35.3 Å². The summed E-state index contributed by atoms with van der Waals surface area (Å²) >= 11 is 0. The van der Waals surface area contributed by atoms with Crippen LogP contribution in [0.3, 0.4) is 0 Å². The first kappa shape index (κ1) is 26.8. The van der Waals surface area contributed by atoms with E-state index in [4.69, 9.17) is 4.74 Å². The Morgan fingerprint density at radius 2 is 1.92 bits per heavy atom. The number of aromatic nitrogens is 3. The van der Waals surface area contributed by atoms with Crippen LogP contribution in [0.1, 0.15) is 69.2 Å². The number of nitrogens with zero attached hydrogens (tertiary/aromatic N) is 3. The zero-order chi connectivity index (χ0) is 26.3. The van der Waals surface area contributed by atoms with Crippen molar-refractivity contribution in [3.05, 3.63) is 48.0 Å². The van der Waals surface area contributed by atoms with E-state index in [1.165, 1.54) is 11.2 Å². The van der Waals surface area contributed by atoms with Crippen LogP contribution in [0.25, 0.3) is 0 Å². The molecule has 0 saturated carbocycles. The van der Waals surface area contributed by atoms with Crippen molar-refractivity contribution in [1.82, 2.24) is 30.7 Å². The number of carbonyl (C=O) groups is 4. The summed E-state index contributed by atoms with van der Waals surface area (Å²) in [5.74, 6) is -1.82. The number of Topliss-reactive ketones (excluding diaryl/α,β-unsaturated/α-hetero) is 1. The number of carbonyl (C=O) groups excluding carboxylic acids is 4. The summed E-state index contributed by atoms with van der Waals surface area (Å²) in [5.41, 5.74) is 0.332. The van der Waals surface area contributed by atoms with E-state index in [-0.39, 0.29) is 24.3 Å². The van der Waals surface area contributed by atoms with Crippen LogP contribution >= 0.6 is 0 Å². The lowest BCUT2D eigenvalue weighted by atomic mass is 9.90. The van der Waals surface area contributed by atoms with Gasteiger partial charge in [0.05, 0.1) is 12.6 Å². The Hall–Kier alpha value is -3.76. The predicted molar refractivity (Wildman–Crippen MR) is 131 cm³/mol. The fraction of sp³-hybridized carbons (Fsp3) is 0.520. The molecule has 1 fully saturated rings. The molecule has 0 bridgehead atoms. The molecule has 2 aromatic rings. The zero-order valence-corrected chi connectivity index (χ0v) is 21.1. The van der Waals surface area contributed by atoms with Crippen LogP contribution in [-0.2, 0) is 14.3 Å². The molecule has 0 unspecified atom stereocenters. The molecule has 11 nitrogen and oxygen atoms in total. The summed E-state index contributed by atoms with van der Waals surface area (Å²) in [6, 6.07) is 7.91. The Morgan fingerprint density at radius 1 is 1.19 bits per heavy atom. The molecule has 11 heteroatoms. The SMILES string of the molecule is CCCC[C@H](NC(=O)O[C@@H]1CN(C(=O)c2nc[nH]n2)CC1(C)C)C(=O)C(=O)N[C@H](C)c1ccccc1. The molecule has 3 amide bonds. The van der Waals surface area contributed by atoms with Crippen molar-refractivity contribution in [3.63, 3.8) is 0 Å². The van der Waals surface area contributed by atoms with Crippen LogP contribution in [0.15, 0.2) is 36.7 Å². The maximum Gasteiger partial charge on any atom is 0.408 e. The van der Waals surface area contributed by atoms with Gasteiger partial charge in [-0.3, -0.25) is 19.5 Å². The van der Waals surface area contributed by atoms with E-state index in [9.17, 15) is 19.2 Å². The summed E-state index contributed by atoms with van der Waals surface area (Å²) in [6.45, 7) is 8.02. The second-order valence-electron chi connectivity index (χ2n) is 9.70. The molecule has 1 aliphatic heterocycles. The largest absolute Gasteiger partial charge is 0.444 e. The topological polar surface area (TPSA) is 146 Å².